The predicted molar refractivity (Wildman–Crippen MR) is 288 cm³/mol. The highest BCUT2D eigenvalue weighted by molar-refractivity contribution is 7.93. The lowest BCUT2D eigenvalue weighted by Crippen LogP contribution is -2.38. The summed E-state index contributed by atoms with van der Waals surface area (Å²) in [5.74, 6) is -4.20. The Morgan fingerprint density at radius 1 is 0.468 bits per heavy atom. The van der Waals surface area contributed by atoms with Crippen molar-refractivity contribution in [3.05, 3.63) is 119 Å². The maximum absolute atomic E-state index is 11.9. The number of nitrogens with zero attached hydrogens (tertiary/aromatic N) is 1. The summed E-state index contributed by atoms with van der Waals surface area (Å²) in [6, 6.07) is 19.0. The van der Waals surface area contributed by atoms with Crippen LogP contribution in [0.15, 0.2) is 103 Å². The third-order valence-corrected chi connectivity index (χ3v) is 15.4. The van der Waals surface area contributed by atoms with Gasteiger partial charge in [-0.25, -0.2) is 52.8 Å². The number of carbonyl (C=O) groups is 8. The van der Waals surface area contributed by atoms with Crippen molar-refractivity contribution in [3.63, 3.8) is 0 Å². The zero-order chi connectivity index (χ0) is 58.3. The van der Waals surface area contributed by atoms with E-state index in [1.807, 2.05) is 41.2 Å². The first-order chi connectivity index (χ1) is 37.0. The van der Waals surface area contributed by atoms with Crippen LogP contribution in [0.25, 0.3) is 0 Å². The fourth-order valence-corrected chi connectivity index (χ4v) is 11.7. The average Bonchev–Trinajstić information content (AvgIpc) is 4.04. The van der Waals surface area contributed by atoms with Gasteiger partial charge >= 0.3 is 24.1 Å². The molecule has 4 fully saturated rings. The predicted octanol–water partition coefficient (Wildman–Crippen LogP) is 0.145. The highest BCUT2D eigenvalue weighted by atomic mass is 32.2. The molecule has 0 spiro atoms. The van der Waals surface area contributed by atoms with Gasteiger partial charge in [-0.05, 0) is 80.1 Å². The molecule has 4 aromatic carbocycles. The minimum atomic E-state index is -3.90. The van der Waals surface area contributed by atoms with Crippen molar-refractivity contribution in [2.24, 2.45) is 0 Å². The average molecular weight is 1190 g/mol. The van der Waals surface area contributed by atoms with E-state index in [0.717, 1.165) is 17.7 Å². The SMILES string of the molecule is CCOc1ccc(NS(=O)(=O)CC2NC(=O)NC2=O)cc1.Cc1cccc(NS(=O)(=O)CC2NC(=O)NC2=O)c1.O=C1NC(=O)C(CS(=O)(=O)Nc2ccc([N+](=O)[O-])cc2)N1.O=C1NC(=O)C(CS(=O)(=O)Nc2ccccc2)N1.[HH].[HH].[HH].[HH]. The molecule has 4 atom stereocenters. The molecular formula is C43H57N13O19S4. The van der Waals surface area contributed by atoms with Crippen molar-refractivity contribution in [3.8, 4) is 5.75 Å². The van der Waals surface area contributed by atoms with Gasteiger partial charge in [0.2, 0.25) is 40.1 Å². The molecule has 4 aliphatic heterocycles. The number of nitrogens with one attached hydrogen (secondary N) is 12. The van der Waals surface area contributed by atoms with Crippen molar-refractivity contribution in [1.82, 2.24) is 42.5 Å². The lowest BCUT2D eigenvalue weighted by molar-refractivity contribution is -0.384. The maximum atomic E-state index is 11.9. The molecule has 79 heavy (non-hydrogen) atoms. The van der Waals surface area contributed by atoms with Crippen LogP contribution in [0.4, 0.5) is 47.6 Å². The third kappa shape index (κ3) is 20.1. The van der Waals surface area contributed by atoms with Crippen LogP contribution in [-0.2, 0) is 59.3 Å². The van der Waals surface area contributed by atoms with Gasteiger partial charge in [-0.3, -0.25) is 69.4 Å². The summed E-state index contributed by atoms with van der Waals surface area (Å²) in [5, 5.41) is 27.2. The number of imide groups is 4. The van der Waals surface area contributed by atoms with Crippen LogP contribution in [0, 0.1) is 17.0 Å². The number of non-ortho nitro benzene ring substituents is 1. The highest BCUT2D eigenvalue weighted by Crippen LogP contribution is 2.19. The summed E-state index contributed by atoms with van der Waals surface area (Å²) < 4.78 is 109. The normalized spacial score (nSPS) is 18.5. The summed E-state index contributed by atoms with van der Waals surface area (Å²) in [7, 11) is -15.1. The Morgan fingerprint density at radius 3 is 1.09 bits per heavy atom. The minimum absolute atomic E-state index is 0. The second-order valence-electron chi connectivity index (χ2n) is 16.6. The minimum Gasteiger partial charge on any atom is -0.494 e. The Hall–Kier alpha value is -9.16. The Labute approximate surface area is 455 Å². The number of hydrogen-bond donors (Lipinski definition) is 12. The van der Waals surface area contributed by atoms with E-state index >= 15 is 0 Å². The number of anilines is 4. The van der Waals surface area contributed by atoms with E-state index in [-0.39, 0.29) is 17.1 Å². The molecule has 0 bridgehead atoms. The fraction of sp³-hybridized carbons (Fsp3) is 0.256. The van der Waals surface area contributed by atoms with Gasteiger partial charge in [0.15, 0.2) is 0 Å². The Bertz CT molecular complexity index is 3470. The van der Waals surface area contributed by atoms with Gasteiger partial charge in [0, 0.05) is 40.6 Å². The largest absolute Gasteiger partial charge is 0.494 e. The number of benzene rings is 4. The second-order valence-corrected chi connectivity index (χ2v) is 23.7. The summed E-state index contributed by atoms with van der Waals surface area (Å²) in [6.45, 7) is 4.20. The Kier molecular flexibility index (Phi) is 20.2. The number of amides is 12. The summed E-state index contributed by atoms with van der Waals surface area (Å²) in [6.07, 6.45) is 0. The van der Waals surface area contributed by atoms with E-state index in [1.165, 1.54) is 12.1 Å². The number of hydrogen-bond acceptors (Lipinski definition) is 19. The van der Waals surface area contributed by atoms with Crippen LogP contribution in [0.3, 0.4) is 0 Å². The molecule has 0 radical (unpaired) electrons. The number of para-hydroxylation sites is 1. The van der Waals surface area contributed by atoms with E-state index in [0.29, 0.717) is 29.4 Å². The molecule has 36 heteroatoms. The van der Waals surface area contributed by atoms with E-state index in [2.05, 4.69) is 40.2 Å². The lowest BCUT2D eigenvalue weighted by Gasteiger charge is -2.11. The van der Waals surface area contributed by atoms with Gasteiger partial charge < -0.3 is 26.0 Å². The quantitative estimate of drug-likeness (QED) is 0.0338. The van der Waals surface area contributed by atoms with E-state index < -0.39 is 140 Å². The van der Waals surface area contributed by atoms with Crippen molar-refractivity contribution in [2.45, 2.75) is 38.0 Å². The first-order valence-electron chi connectivity index (χ1n) is 22.5. The second kappa shape index (κ2) is 26.3. The van der Waals surface area contributed by atoms with E-state index in [9.17, 15) is 82.1 Å². The maximum Gasteiger partial charge on any atom is 0.322 e. The van der Waals surface area contributed by atoms with Gasteiger partial charge in [-0.1, -0.05) is 30.3 Å². The number of urea groups is 4. The lowest BCUT2D eigenvalue weighted by atomic mass is 10.2. The van der Waals surface area contributed by atoms with Crippen LogP contribution >= 0.6 is 0 Å². The van der Waals surface area contributed by atoms with Crippen LogP contribution < -0.4 is 66.2 Å². The smallest absolute Gasteiger partial charge is 0.322 e. The molecule has 12 N–H and O–H groups in total. The molecule has 0 saturated carbocycles. The number of nitro groups is 1. The van der Waals surface area contributed by atoms with Gasteiger partial charge in [0.25, 0.3) is 29.3 Å². The standard InChI is InChI=1S/C12H15N3O5S.C11H13N3O4S.C10H10N4O6S.C10H11N3O4S.4H2/c1-2-20-9-5-3-8(4-6-9)15-21(18,19)7-10-11(16)14-12(17)13-10;1-7-3-2-4-8(5-7)14-19(17,18)6-9-10(15)13-11(16)12-9;15-9-8(11-10(16)12-9)5-21(19,20)13-6-1-3-7(4-2-6)14(17)18;14-9-8(11-10(15)12-9)6-18(16,17)13-7-4-2-1-3-5-7;;;;/h3-6,10,15H,2,7H2,1H3,(H2,13,14,16,17);2-5,9,14H,6H2,1H3,(H2,12,13,15,16);1-4,8,13H,5H2,(H2,11,12,15,16);1-5,8,13H,6H2,(H2,11,12,14,15);4*1H. The number of rotatable bonds is 19. The zero-order valence-corrected chi connectivity index (χ0v) is 44.3. The number of carbonyl (C=O) groups excluding carboxylic acids is 8. The van der Waals surface area contributed by atoms with Gasteiger partial charge in [0.05, 0.1) is 34.5 Å². The Morgan fingerprint density at radius 2 is 0.785 bits per heavy atom. The molecule has 432 valence electrons. The first kappa shape index (κ1) is 60.7. The molecule has 4 unspecified atom stereocenters. The summed E-state index contributed by atoms with van der Waals surface area (Å²) in [5.41, 5.74) is 2.02. The summed E-state index contributed by atoms with van der Waals surface area (Å²) in [4.78, 5) is 98.5. The molecule has 0 aliphatic carbocycles. The Balaban J connectivity index is 0.000000546. The molecule has 4 aliphatic rings. The van der Waals surface area contributed by atoms with Crippen LogP contribution in [0.2, 0.25) is 0 Å². The van der Waals surface area contributed by atoms with Crippen molar-refractivity contribution in [2.75, 3.05) is 48.5 Å². The summed E-state index contributed by atoms with van der Waals surface area (Å²) >= 11 is 0. The van der Waals surface area contributed by atoms with Crippen LogP contribution in [0.1, 0.15) is 18.2 Å². The number of nitro benzene ring substituents is 1. The van der Waals surface area contributed by atoms with Crippen molar-refractivity contribution < 1.29 is 87.4 Å². The molecule has 12 amide bonds. The topological polar surface area (TPSA) is 470 Å². The molecule has 32 nitrogen and oxygen atoms in total. The third-order valence-electron chi connectivity index (χ3n) is 10.1. The molecule has 4 saturated heterocycles. The van der Waals surface area contributed by atoms with Crippen molar-refractivity contribution in [1.29, 1.82) is 0 Å². The van der Waals surface area contributed by atoms with Crippen LogP contribution in [-0.4, -0.2) is 140 Å². The van der Waals surface area contributed by atoms with E-state index in [4.69, 9.17) is 4.74 Å². The number of sulfonamides is 4. The van der Waals surface area contributed by atoms with E-state index in [1.54, 1.807) is 72.8 Å². The van der Waals surface area contributed by atoms with Crippen LogP contribution in [0.5, 0.6) is 5.75 Å². The molecule has 8 rings (SSSR count). The van der Waals surface area contributed by atoms with Gasteiger partial charge in [0.1, 0.15) is 29.9 Å². The number of ether oxygens (including phenoxy) is 1. The van der Waals surface area contributed by atoms with Crippen molar-refractivity contribution >= 4 is 116 Å². The monoisotopic (exact) mass is 1190 g/mol. The molecular weight excluding hydrogens is 1130 g/mol. The van der Waals surface area contributed by atoms with Gasteiger partial charge in [-0.2, -0.15) is 0 Å². The highest BCUT2D eigenvalue weighted by Gasteiger charge is 2.37. The van der Waals surface area contributed by atoms with Gasteiger partial charge in [-0.15, -0.1) is 0 Å². The molecule has 4 heterocycles. The molecule has 0 aromatic heterocycles. The number of aryl methyl sites for hydroxylation is 1. The fourth-order valence-electron chi connectivity index (χ4n) is 6.72. The molecule has 4 aromatic rings. The first-order valence-corrected chi connectivity index (χ1v) is 29.2. The zero-order valence-electron chi connectivity index (χ0n) is 41.0.